The lowest BCUT2D eigenvalue weighted by atomic mass is 10.0. The van der Waals surface area contributed by atoms with Gasteiger partial charge in [0.15, 0.2) is 12.2 Å². The zero-order valence-electron chi connectivity index (χ0n) is 63.2. The number of aliphatic hydroxyl groups excluding tert-OH is 1. The summed E-state index contributed by atoms with van der Waals surface area (Å²) in [4.78, 5) is 72.7. The Balaban J connectivity index is 5.16. The van der Waals surface area contributed by atoms with Gasteiger partial charge >= 0.3 is 39.5 Å². The molecular weight excluding hydrogens is 1270 g/mol. The lowest BCUT2D eigenvalue weighted by molar-refractivity contribution is -0.161. The minimum absolute atomic E-state index is 0.103. The monoisotopic (exact) mass is 1420 g/mol. The van der Waals surface area contributed by atoms with Gasteiger partial charge in [-0.2, -0.15) is 0 Å². The predicted octanol–water partition coefficient (Wildman–Crippen LogP) is 23.3. The summed E-state index contributed by atoms with van der Waals surface area (Å²) in [6.07, 6.45) is 61.5. The highest BCUT2D eigenvalue weighted by molar-refractivity contribution is 7.47. The van der Waals surface area contributed by atoms with Crippen LogP contribution in [0.2, 0.25) is 0 Å². The van der Waals surface area contributed by atoms with Crippen molar-refractivity contribution in [1.82, 2.24) is 0 Å². The fraction of sp³-hybridized carbons (Fsp3) is 0.949. The van der Waals surface area contributed by atoms with Crippen LogP contribution in [0.15, 0.2) is 0 Å². The van der Waals surface area contributed by atoms with Gasteiger partial charge in [0, 0.05) is 25.7 Å². The van der Waals surface area contributed by atoms with E-state index in [4.69, 9.17) is 37.0 Å². The van der Waals surface area contributed by atoms with Crippen LogP contribution in [0.5, 0.6) is 0 Å². The van der Waals surface area contributed by atoms with Crippen LogP contribution < -0.4 is 0 Å². The molecule has 0 aromatic rings. The van der Waals surface area contributed by atoms with E-state index in [2.05, 4.69) is 34.6 Å². The molecule has 17 nitrogen and oxygen atoms in total. The molecule has 0 fully saturated rings. The number of rotatable bonds is 78. The Bertz CT molecular complexity index is 1860. The molecule has 0 saturated heterocycles. The van der Waals surface area contributed by atoms with Gasteiger partial charge in [0.2, 0.25) is 0 Å². The Labute approximate surface area is 594 Å². The summed E-state index contributed by atoms with van der Waals surface area (Å²) in [6, 6.07) is 0. The van der Waals surface area contributed by atoms with Crippen molar-refractivity contribution < 1.29 is 80.2 Å². The summed E-state index contributed by atoms with van der Waals surface area (Å²) in [7, 11) is -9.91. The minimum Gasteiger partial charge on any atom is -0.462 e. The maximum atomic E-state index is 13.1. The number of carbonyl (C=O) groups is 4. The van der Waals surface area contributed by atoms with Crippen molar-refractivity contribution in [1.29, 1.82) is 0 Å². The fourth-order valence-corrected chi connectivity index (χ4v) is 13.6. The average Bonchev–Trinajstić information content (AvgIpc) is 2.47. The first-order chi connectivity index (χ1) is 47.0. The second-order valence-electron chi connectivity index (χ2n) is 28.6. The molecule has 0 amide bonds. The third-order valence-corrected chi connectivity index (χ3v) is 20.2. The van der Waals surface area contributed by atoms with Crippen molar-refractivity contribution in [2.75, 3.05) is 39.6 Å². The third-order valence-electron chi connectivity index (χ3n) is 18.3. The van der Waals surface area contributed by atoms with Gasteiger partial charge in [-0.1, -0.05) is 362 Å². The number of hydrogen-bond donors (Lipinski definition) is 3. The van der Waals surface area contributed by atoms with E-state index in [-0.39, 0.29) is 25.7 Å². The minimum atomic E-state index is -4.96. The van der Waals surface area contributed by atoms with Gasteiger partial charge in [0.25, 0.3) is 0 Å². The van der Waals surface area contributed by atoms with Gasteiger partial charge in [-0.15, -0.1) is 0 Å². The van der Waals surface area contributed by atoms with Crippen LogP contribution in [0.25, 0.3) is 0 Å². The smallest absolute Gasteiger partial charge is 0.462 e. The van der Waals surface area contributed by atoms with Gasteiger partial charge in [0.1, 0.15) is 19.3 Å². The molecule has 0 saturated carbocycles. The lowest BCUT2D eigenvalue weighted by Gasteiger charge is -2.21. The van der Waals surface area contributed by atoms with E-state index >= 15 is 0 Å². The molecule has 0 aliphatic carbocycles. The van der Waals surface area contributed by atoms with Gasteiger partial charge in [-0.3, -0.25) is 37.3 Å². The molecule has 0 rings (SSSR count). The SMILES string of the molecule is CCCCCCCCCCCCCCCCCCCCCCC(=O)O[C@H](COC(=O)CCCCCCCCCCCCCCCCCCCCC)COP(=O)(O)OC[C@@H](O)COP(=O)(O)OC[C@@H](COC(=O)CCCCCCCCCCC)OC(=O)CCCCCCCCC(C)C. The quantitative estimate of drug-likeness (QED) is 0.0222. The Morgan fingerprint density at radius 3 is 0.701 bits per heavy atom. The predicted molar refractivity (Wildman–Crippen MR) is 395 cm³/mol. The molecule has 576 valence electrons. The second kappa shape index (κ2) is 71.1. The molecule has 5 atom stereocenters. The number of ether oxygens (including phenoxy) is 4. The number of aliphatic hydroxyl groups is 1. The molecule has 3 N–H and O–H groups in total. The average molecular weight is 1420 g/mol. The molecule has 0 spiro atoms. The first-order valence-corrected chi connectivity index (χ1v) is 43.6. The van der Waals surface area contributed by atoms with Crippen LogP contribution in [0, 0.1) is 5.92 Å². The summed E-state index contributed by atoms with van der Waals surface area (Å²) < 4.78 is 68.5. The van der Waals surface area contributed by atoms with Crippen molar-refractivity contribution in [2.24, 2.45) is 5.92 Å². The number of hydrogen-bond acceptors (Lipinski definition) is 15. The summed E-state index contributed by atoms with van der Waals surface area (Å²) >= 11 is 0. The van der Waals surface area contributed by atoms with Gasteiger partial charge in [-0.05, 0) is 31.6 Å². The van der Waals surface area contributed by atoms with Gasteiger partial charge < -0.3 is 33.8 Å². The topological polar surface area (TPSA) is 237 Å². The highest BCUT2D eigenvalue weighted by atomic mass is 31.2. The number of esters is 4. The van der Waals surface area contributed by atoms with Crippen molar-refractivity contribution in [3.63, 3.8) is 0 Å². The standard InChI is InChI=1S/C78H152O17P2/c1-6-9-12-15-18-21-23-25-27-29-31-33-35-37-39-41-44-47-53-58-63-77(82)94-73(67-89-76(81)62-57-52-46-43-40-38-36-34-32-30-28-26-24-22-19-16-13-10-7-2)69-92-96(84,85)90-65-72(79)66-91-97(86,87)93-70-74(95-78(83)64-59-54-49-48-50-55-60-71(4)5)68-88-75(80)61-56-51-45-42-20-17-14-11-8-3/h71-74,79H,6-70H2,1-5H3,(H,84,85)(H,86,87)/t72-,73-,74-/m1/s1. The number of unbranched alkanes of at least 4 members (excludes halogenated alkanes) is 50. The first-order valence-electron chi connectivity index (χ1n) is 40.6. The van der Waals surface area contributed by atoms with E-state index in [0.29, 0.717) is 31.6 Å². The van der Waals surface area contributed by atoms with Crippen LogP contribution in [0.3, 0.4) is 0 Å². The summed E-state index contributed by atoms with van der Waals surface area (Å²) in [5.74, 6) is -1.45. The number of phosphoric acid groups is 2. The van der Waals surface area contributed by atoms with Crippen molar-refractivity contribution in [3.05, 3.63) is 0 Å². The third kappa shape index (κ3) is 72.2. The lowest BCUT2D eigenvalue weighted by Crippen LogP contribution is -2.30. The maximum Gasteiger partial charge on any atom is 0.472 e. The Morgan fingerprint density at radius 1 is 0.278 bits per heavy atom. The molecule has 19 heteroatoms. The van der Waals surface area contributed by atoms with Crippen LogP contribution in [0.1, 0.15) is 413 Å². The largest absolute Gasteiger partial charge is 0.472 e. The highest BCUT2D eigenvalue weighted by Gasteiger charge is 2.30. The number of carbonyl (C=O) groups excluding carboxylic acids is 4. The normalized spacial score (nSPS) is 13.9. The molecule has 0 heterocycles. The van der Waals surface area contributed by atoms with E-state index in [1.165, 1.54) is 238 Å². The van der Waals surface area contributed by atoms with Crippen molar-refractivity contribution in [2.45, 2.75) is 432 Å². The van der Waals surface area contributed by atoms with Crippen LogP contribution in [-0.2, 0) is 65.4 Å². The van der Waals surface area contributed by atoms with E-state index in [0.717, 1.165) is 89.9 Å². The van der Waals surface area contributed by atoms with E-state index in [9.17, 15) is 43.2 Å². The molecule has 0 aliphatic heterocycles. The zero-order chi connectivity index (χ0) is 71.2. The van der Waals surface area contributed by atoms with E-state index in [1.54, 1.807) is 0 Å². The maximum absolute atomic E-state index is 13.1. The summed E-state index contributed by atoms with van der Waals surface area (Å²) in [6.45, 7) is 7.19. The Morgan fingerprint density at radius 2 is 0.474 bits per heavy atom. The van der Waals surface area contributed by atoms with Crippen molar-refractivity contribution >= 4 is 39.5 Å². The molecule has 0 aliphatic rings. The fourth-order valence-electron chi connectivity index (χ4n) is 12.1. The van der Waals surface area contributed by atoms with Crippen LogP contribution in [0.4, 0.5) is 0 Å². The van der Waals surface area contributed by atoms with Gasteiger partial charge in [0.05, 0.1) is 26.4 Å². The van der Waals surface area contributed by atoms with Crippen molar-refractivity contribution in [3.8, 4) is 0 Å². The van der Waals surface area contributed by atoms with E-state index < -0.39 is 97.5 Å². The van der Waals surface area contributed by atoms with E-state index in [1.807, 2.05) is 0 Å². The second-order valence-corrected chi connectivity index (χ2v) is 31.5. The van der Waals surface area contributed by atoms with Crippen LogP contribution >= 0.6 is 15.6 Å². The number of phosphoric ester groups is 2. The molecular formula is C78H152O17P2. The molecule has 0 bridgehead atoms. The molecule has 2 unspecified atom stereocenters. The van der Waals surface area contributed by atoms with Crippen LogP contribution in [-0.4, -0.2) is 96.7 Å². The molecule has 0 aromatic heterocycles. The zero-order valence-corrected chi connectivity index (χ0v) is 65.0. The molecule has 0 radical (unpaired) electrons. The Hall–Kier alpha value is -1.94. The Kier molecular flexibility index (Phi) is 69.6. The summed E-state index contributed by atoms with van der Waals surface area (Å²) in [5.41, 5.74) is 0. The first kappa shape index (κ1) is 95.1. The molecule has 0 aromatic carbocycles. The highest BCUT2D eigenvalue weighted by Crippen LogP contribution is 2.45. The van der Waals surface area contributed by atoms with Gasteiger partial charge in [-0.25, -0.2) is 9.13 Å². The molecule has 97 heavy (non-hydrogen) atoms. The summed E-state index contributed by atoms with van der Waals surface area (Å²) in [5, 5.41) is 10.6.